The van der Waals surface area contributed by atoms with E-state index < -0.39 is 0 Å². The maximum absolute atomic E-state index is 5.62. The third-order valence-electron chi connectivity index (χ3n) is 3.52. The predicted molar refractivity (Wildman–Crippen MR) is 78.8 cm³/mol. The lowest BCUT2D eigenvalue weighted by Gasteiger charge is -2.03. The Bertz CT molecular complexity index is 485. The van der Waals surface area contributed by atoms with Crippen molar-refractivity contribution in [2.24, 2.45) is 5.73 Å². The molecule has 0 spiro atoms. The Hall–Kier alpha value is -1.28. The molecule has 18 heavy (non-hydrogen) atoms. The van der Waals surface area contributed by atoms with Crippen LogP contribution in [0.2, 0.25) is 0 Å². The van der Waals surface area contributed by atoms with Gasteiger partial charge in [0.25, 0.3) is 0 Å². The average Bonchev–Trinajstić information content (AvgIpc) is 2.76. The molecule has 2 heteroatoms. The number of hydrogen-bond donors (Lipinski definition) is 1. The highest BCUT2D eigenvalue weighted by Crippen LogP contribution is 2.23. The SMILES string of the molecule is CCCCCn1cc(CCCN)c2ccccc21. The van der Waals surface area contributed by atoms with Gasteiger partial charge in [0, 0.05) is 23.6 Å². The van der Waals surface area contributed by atoms with Gasteiger partial charge in [-0.3, -0.25) is 0 Å². The standard InChI is InChI=1S/C16H24N2/c1-2-3-6-12-18-13-14(8-7-11-17)15-9-4-5-10-16(15)18/h4-5,9-10,13H,2-3,6-8,11-12,17H2,1H3. The second kappa shape index (κ2) is 6.60. The summed E-state index contributed by atoms with van der Waals surface area (Å²) in [6.45, 7) is 4.16. The molecule has 0 radical (unpaired) electrons. The van der Waals surface area contributed by atoms with Gasteiger partial charge in [-0.1, -0.05) is 38.0 Å². The minimum absolute atomic E-state index is 0.773. The van der Waals surface area contributed by atoms with Gasteiger partial charge in [-0.25, -0.2) is 0 Å². The lowest BCUT2D eigenvalue weighted by atomic mass is 10.1. The van der Waals surface area contributed by atoms with Crippen molar-refractivity contribution >= 4 is 10.9 Å². The molecule has 1 heterocycles. The van der Waals surface area contributed by atoms with E-state index in [1.807, 2.05) is 0 Å². The number of nitrogens with two attached hydrogens (primary N) is 1. The molecule has 0 saturated carbocycles. The van der Waals surface area contributed by atoms with E-state index in [0.717, 1.165) is 25.9 Å². The summed E-state index contributed by atoms with van der Waals surface area (Å²) in [4.78, 5) is 0. The summed E-state index contributed by atoms with van der Waals surface area (Å²) in [5.74, 6) is 0. The van der Waals surface area contributed by atoms with Crippen LogP contribution in [0.1, 0.15) is 38.2 Å². The summed E-state index contributed by atoms with van der Waals surface area (Å²) >= 11 is 0. The van der Waals surface area contributed by atoms with Crippen LogP contribution in [0.3, 0.4) is 0 Å². The topological polar surface area (TPSA) is 30.9 Å². The van der Waals surface area contributed by atoms with E-state index in [9.17, 15) is 0 Å². The minimum Gasteiger partial charge on any atom is -0.347 e. The molecular weight excluding hydrogens is 220 g/mol. The molecule has 98 valence electrons. The molecule has 1 aromatic heterocycles. The number of aryl methyl sites for hydroxylation is 2. The molecule has 2 N–H and O–H groups in total. The largest absolute Gasteiger partial charge is 0.347 e. The fourth-order valence-electron chi connectivity index (χ4n) is 2.53. The molecular formula is C16H24N2. The van der Waals surface area contributed by atoms with Gasteiger partial charge >= 0.3 is 0 Å². The van der Waals surface area contributed by atoms with Gasteiger partial charge < -0.3 is 10.3 Å². The van der Waals surface area contributed by atoms with E-state index in [-0.39, 0.29) is 0 Å². The highest BCUT2D eigenvalue weighted by Gasteiger charge is 2.07. The van der Waals surface area contributed by atoms with Crippen LogP contribution in [0.25, 0.3) is 10.9 Å². The predicted octanol–water partition coefficient (Wildman–Crippen LogP) is 3.72. The van der Waals surface area contributed by atoms with Gasteiger partial charge in [-0.05, 0) is 37.4 Å². The molecule has 0 aliphatic carbocycles. The summed E-state index contributed by atoms with van der Waals surface area (Å²) in [6.07, 6.45) is 8.35. The van der Waals surface area contributed by atoms with Crippen LogP contribution in [0, 0.1) is 0 Å². The van der Waals surface area contributed by atoms with Crippen molar-refractivity contribution in [3.05, 3.63) is 36.0 Å². The monoisotopic (exact) mass is 244 g/mol. The van der Waals surface area contributed by atoms with Crippen LogP contribution in [0.5, 0.6) is 0 Å². The van der Waals surface area contributed by atoms with Crippen LogP contribution < -0.4 is 5.73 Å². The van der Waals surface area contributed by atoms with Crippen LogP contribution in [-0.2, 0) is 13.0 Å². The smallest absolute Gasteiger partial charge is 0.0483 e. The summed E-state index contributed by atoms with van der Waals surface area (Å²) < 4.78 is 2.41. The van der Waals surface area contributed by atoms with E-state index in [4.69, 9.17) is 5.73 Å². The molecule has 0 bridgehead atoms. The third kappa shape index (κ3) is 2.94. The average molecular weight is 244 g/mol. The Morgan fingerprint density at radius 1 is 1.11 bits per heavy atom. The van der Waals surface area contributed by atoms with Gasteiger partial charge in [0.05, 0.1) is 0 Å². The lowest BCUT2D eigenvalue weighted by Crippen LogP contribution is -2.00. The quantitative estimate of drug-likeness (QED) is 0.739. The maximum atomic E-state index is 5.62. The molecule has 0 saturated heterocycles. The van der Waals surface area contributed by atoms with Crippen LogP contribution in [-0.4, -0.2) is 11.1 Å². The molecule has 0 aliphatic rings. The molecule has 0 unspecified atom stereocenters. The minimum atomic E-state index is 0.773. The van der Waals surface area contributed by atoms with Gasteiger partial charge in [0.1, 0.15) is 0 Å². The number of benzene rings is 1. The summed E-state index contributed by atoms with van der Waals surface area (Å²) in [7, 11) is 0. The Kier molecular flexibility index (Phi) is 4.82. The third-order valence-corrected chi connectivity index (χ3v) is 3.52. The molecule has 0 atom stereocenters. The van der Waals surface area contributed by atoms with Crippen molar-refractivity contribution in [1.82, 2.24) is 4.57 Å². The van der Waals surface area contributed by atoms with E-state index in [1.54, 1.807) is 0 Å². The van der Waals surface area contributed by atoms with E-state index >= 15 is 0 Å². The molecule has 1 aromatic carbocycles. The fourth-order valence-corrected chi connectivity index (χ4v) is 2.53. The Morgan fingerprint density at radius 3 is 2.72 bits per heavy atom. The van der Waals surface area contributed by atoms with Crippen LogP contribution in [0.15, 0.2) is 30.5 Å². The number of para-hydroxylation sites is 1. The first-order chi connectivity index (χ1) is 8.86. The normalized spacial score (nSPS) is 11.2. The summed E-state index contributed by atoms with van der Waals surface area (Å²) in [5, 5.41) is 1.41. The number of hydrogen-bond acceptors (Lipinski definition) is 1. The van der Waals surface area contributed by atoms with Crippen molar-refractivity contribution < 1.29 is 0 Å². The second-order valence-electron chi connectivity index (χ2n) is 4.96. The van der Waals surface area contributed by atoms with Crippen LogP contribution >= 0.6 is 0 Å². The summed E-state index contributed by atoms with van der Waals surface area (Å²) in [5.41, 5.74) is 8.45. The van der Waals surface area contributed by atoms with Gasteiger partial charge in [-0.2, -0.15) is 0 Å². The van der Waals surface area contributed by atoms with Crippen molar-refractivity contribution in [3.63, 3.8) is 0 Å². The van der Waals surface area contributed by atoms with Gasteiger partial charge in [0.2, 0.25) is 0 Å². The highest BCUT2D eigenvalue weighted by molar-refractivity contribution is 5.83. The van der Waals surface area contributed by atoms with Crippen molar-refractivity contribution in [3.8, 4) is 0 Å². The van der Waals surface area contributed by atoms with Crippen LogP contribution in [0.4, 0.5) is 0 Å². The Morgan fingerprint density at radius 2 is 1.94 bits per heavy atom. The van der Waals surface area contributed by atoms with Crippen molar-refractivity contribution in [2.45, 2.75) is 45.6 Å². The van der Waals surface area contributed by atoms with E-state index in [0.29, 0.717) is 0 Å². The zero-order valence-electron chi connectivity index (χ0n) is 11.4. The number of aromatic nitrogens is 1. The second-order valence-corrected chi connectivity index (χ2v) is 4.96. The molecule has 0 fully saturated rings. The van der Waals surface area contributed by atoms with Gasteiger partial charge in [0.15, 0.2) is 0 Å². The molecule has 2 rings (SSSR count). The fraction of sp³-hybridized carbons (Fsp3) is 0.500. The first-order valence-corrected chi connectivity index (χ1v) is 7.13. The number of fused-ring (bicyclic) bond motifs is 1. The number of nitrogens with zero attached hydrogens (tertiary/aromatic N) is 1. The van der Waals surface area contributed by atoms with E-state index in [2.05, 4.69) is 42.0 Å². The van der Waals surface area contributed by atoms with Crippen molar-refractivity contribution in [2.75, 3.05) is 6.54 Å². The highest BCUT2D eigenvalue weighted by atomic mass is 15.0. The zero-order chi connectivity index (χ0) is 12.8. The first-order valence-electron chi connectivity index (χ1n) is 7.13. The van der Waals surface area contributed by atoms with E-state index in [1.165, 1.54) is 35.7 Å². The first kappa shape index (κ1) is 13.2. The number of unbranched alkanes of at least 4 members (excludes halogenated alkanes) is 2. The summed E-state index contributed by atoms with van der Waals surface area (Å²) in [6, 6.07) is 8.72. The lowest BCUT2D eigenvalue weighted by molar-refractivity contribution is 0.615. The molecule has 0 aliphatic heterocycles. The molecule has 2 aromatic rings. The number of rotatable bonds is 7. The molecule has 0 amide bonds. The van der Waals surface area contributed by atoms with Gasteiger partial charge in [-0.15, -0.1) is 0 Å². The maximum Gasteiger partial charge on any atom is 0.0483 e. The molecule has 2 nitrogen and oxygen atoms in total. The Balaban J connectivity index is 2.23. The van der Waals surface area contributed by atoms with Crippen molar-refractivity contribution in [1.29, 1.82) is 0 Å². The Labute approximate surface area is 110 Å². The zero-order valence-corrected chi connectivity index (χ0v) is 11.4.